The third kappa shape index (κ3) is 2.67. The van der Waals surface area contributed by atoms with E-state index in [1.807, 2.05) is 11.8 Å². The molecule has 2 unspecified atom stereocenters. The molecular weight excluding hydrogens is 210 g/mol. The number of esters is 1. The molecule has 0 radical (unpaired) electrons. The predicted molar refractivity (Wildman–Crippen MR) is 64.2 cm³/mol. The highest BCUT2D eigenvalue weighted by Gasteiger charge is 2.45. The molecule has 0 aromatic carbocycles. The van der Waals surface area contributed by atoms with Gasteiger partial charge in [-0.15, -0.1) is 0 Å². The molecule has 15 heavy (non-hydrogen) atoms. The number of thioether (sulfide) groups is 1. The minimum Gasteiger partial charge on any atom is -0.468 e. The smallest absolute Gasteiger partial charge is 0.327 e. The van der Waals surface area contributed by atoms with Crippen molar-refractivity contribution in [3.8, 4) is 0 Å². The molecule has 0 saturated carbocycles. The van der Waals surface area contributed by atoms with E-state index in [-0.39, 0.29) is 5.97 Å². The Balaban J connectivity index is 2.77. The first-order chi connectivity index (χ1) is 7.17. The summed E-state index contributed by atoms with van der Waals surface area (Å²) in [4.78, 5) is 11.9. The number of rotatable bonds is 4. The number of methoxy groups -OCH3 is 1. The lowest BCUT2D eigenvalue weighted by molar-refractivity contribution is -0.149. The standard InChI is InChI=1S/C11H21NO2S/c1-4-7-12-11(10(13)14-3)6-5-8-15-9(11)2/h9,12H,4-8H2,1-3H3. The second-order valence-electron chi connectivity index (χ2n) is 4.01. The van der Waals surface area contributed by atoms with Crippen LogP contribution in [0.15, 0.2) is 0 Å². The molecule has 0 aromatic rings. The third-order valence-corrected chi connectivity index (χ3v) is 4.44. The fourth-order valence-corrected chi connectivity index (χ4v) is 3.31. The van der Waals surface area contributed by atoms with E-state index in [1.165, 1.54) is 7.11 Å². The van der Waals surface area contributed by atoms with Crippen molar-refractivity contribution in [1.29, 1.82) is 0 Å². The van der Waals surface area contributed by atoms with Gasteiger partial charge in [0.15, 0.2) is 0 Å². The molecule has 0 spiro atoms. The van der Waals surface area contributed by atoms with Gasteiger partial charge in [-0.1, -0.05) is 13.8 Å². The summed E-state index contributed by atoms with van der Waals surface area (Å²) in [5.74, 6) is 1.05. The molecule has 2 atom stereocenters. The molecule has 0 aromatic heterocycles. The molecule has 3 nitrogen and oxygen atoms in total. The highest BCUT2D eigenvalue weighted by molar-refractivity contribution is 8.00. The van der Waals surface area contributed by atoms with Crippen molar-refractivity contribution in [2.75, 3.05) is 19.4 Å². The van der Waals surface area contributed by atoms with Gasteiger partial charge < -0.3 is 10.1 Å². The Morgan fingerprint density at radius 2 is 2.40 bits per heavy atom. The topological polar surface area (TPSA) is 38.3 Å². The molecular formula is C11H21NO2S. The number of hydrogen-bond acceptors (Lipinski definition) is 4. The Morgan fingerprint density at radius 3 is 2.93 bits per heavy atom. The molecule has 0 amide bonds. The summed E-state index contributed by atoms with van der Waals surface area (Å²) in [7, 11) is 1.48. The van der Waals surface area contributed by atoms with Gasteiger partial charge in [0.05, 0.1) is 7.11 Å². The van der Waals surface area contributed by atoms with Crippen LogP contribution >= 0.6 is 11.8 Å². The molecule has 1 aliphatic heterocycles. The van der Waals surface area contributed by atoms with Crippen LogP contribution in [0.1, 0.15) is 33.1 Å². The molecule has 1 heterocycles. The van der Waals surface area contributed by atoms with Crippen molar-refractivity contribution in [3.63, 3.8) is 0 Å². The first kappa shape index (κ1) is 12.8. The van der Waals surface area contributed by atoms with Crippen LogP contribution in [-0.2, 0) is 9.53 Å². The lowest BCUT2D eigenvalue weighted by atomic mass is 9.89. The summed E-state index contributed by atoms with van der Waals surface area (Å²) in [5, 5.41) is 3.69. The molecule has 4 heteroatoms. The molecule has 1 aliphatic rings. The van der Waals surface area contributed by atoms with Gasteiger partial charge in [-0.25, -0.2) is 0 Å². The van der Waals surface area contributed by atoms with Crippen LogP contribution in [-0.4, -0.2) is 36.2 Å². The minimum absolute atomic E-state index is 0.101. The number of carbonyl (C=O) groups excluding carboxylic acids is 1. The average Bonchev–Trinajstić information content (AvgIpc) is 2.27. The van der Waals surface area contributed by atoms with Crippen molar-refractivity contribution in [2.45, 2.75) is 43.9 Å². The maximum atomic E-state index is 11.9. The van der Waals surface area contributed by atoms with E-state index >= 15 is 0 Å². The van der Waals surface area contributed by atoms with Gasteiger partial charge in [-0.2, -0.15) is 11.8 Å². The first-order valence-electron chi connectivity index (χ1n) is 5.62. The van der Waals surface area contributed by atoms with Crippen molar-refractivity contribution in [1.82, 2.24) is 5.32 Å². The van der Waals surface area contributed by atoms with E-state index in [2.05, 4.69) is 19.2 Å². The second-order valence-corrected chi connectivity index (χ2v) is 5.45. The summed E-state index contributed by atoms with van der Waals surface area (Å²) in [5.41, 5.74) is -0.451. The van der Waals surface area contributed by atoms with Crippen LogP contribution in [0, 0.1) is 0 Å². The van der Waals surface area contributed by atoms with Crippen LogP contribution < -0.4 is 5.32 Å². The molecule has 1 N–H and O–H groups in total. The van der Waals surface area contributed by atoms with Crippen LogP contribution in [0.5, 0.6) is 0 Å². The molecule has 1 saturated heterocycles. The van der Waals surface area contributed by atoms with Gasteiger partial charge in [0.1, 0.15) is 5.54 Å². The van der Waals surface area contributed by atoms with Crippen molar-refractivity contribution >= 4 is 17.7 Å². The zero-order valence-corrected chi connectivity index (χ0v) is 10.7. The average molecular weight is 231 g/mol. The molecule has 1 rings (SSSR count). The maximum Gasteiger partial charge on any atom is 0.327 e. The molecule has 1 fully saturated rings. The van der Waals surface area contributed by atoms with Gasteiger partial charge in [0.2, 0.25) is 0 Å². The number of ether oxygens (including phenoxy) is 1. The summed E-state index contributed by atoms with van der Waals surface area (Å²) < 4.78 is 4.95. The largest absolute Gasteiger partial charge is 0.468 e. The lowest BCUT2D eigenvalue weighted by Gasteiger charge is -2.40. The van der Waals surface area contributed by atoms with E-state index < -0.39 is 5.54 Å². The van der Waals surface area contributed by atoms with Crippen LogP contribution in [0.3, 0.4) is 0 Å². The Hall–Kier alpha value is -0.220. The van der Waals surface area contributed by atoms with Crippen LogP contribution in [0.4, 0.5) is 0 Å². The van der Waals surface area contributed by atoms with E-state index in [1.54, 1.807) is 0 Å². The Morgan fingerprint density at radius 1 is 1.67 bits per heavy atom. The Kier molecular flexibility index (Phi) is 4.93. The van der Waals surface area contributed by atoms with Crippen LogP contribution in [0.25, 0.3) is 0 Å². The lowest BCUT2D eigenvalue weighted by Crippen LogP contribution is -2.60. The summed E-state index contributed by atoms with van der Waals surface area (Å²) in [6.07, 6.45) is 3.02. The number of carbonyl (C=O) groups is 1. The Labute approximate surface area is 96.3 Å². The molecule has 0 aliphatic carbocycles. The van der Waals surface area contributed by atoms with E-state index in [0.717, 1.165) is 31.6 Å². The highest BCUT2D eigenvalue weighted by Crippen LogP contribution is 2.34. The van der Waals surface area contributed by atoms with E-state index in [4.69, 9.17) is 4.74 Å². The van der Waals surface area contributed by atoms with Crippen molar-refractivity contribution < 1.29 is 9.53 Å². The van der Waals surface area contributed by atoms with E-state index in [0.29, 0.717) is 5.25 Å². The van der Waals surface area contributed by atoms with Crippen molar-refractivity contribution in [3.05, 3.63) is 0 Å². The summed E-state index contributed by atoms with van der Waals surface area (Å²) in [6.45, 7) is 5.10. The zero-order valence-electron chi connectivity index (χ0n) is 9.84. The van der Waals surface area contributed by atoms with Gasteiger partial charge in [0, 0.05) is 5.25 Å². The normalized spacial score (nSPS) is 31.3. The monoisotopic (exact) mass is 231 g/mol. The third-order valence-electron chi connectivity index (χ3n) is 3.02. The number of hydrogen-bond donors (Lipinski definition) is 1. The van der Waals surface area contributed by atoms with Crippen LogP contribution in [0.2, 0.25) is 0 Å². The van der Waals surface area contributed by atoms with Crippen molar-refractivity contribution in [2.24, 2.45) is 0 Å². The van der Waals surface area contributed by atoms with Gasteiger partial charge in [-0.05, 0) is 31.6 Å². The fourth-order valence-electron chi connectivity index (χ4n) is 2.06. The van der Waals surface area contributed by atoms with Gasteiger partial charge >= 0.3 is 5.97 Å². The summed E-state index contributed by atoms with van der Waals surface area (Å²) in [6, 6.07) is 0. The zero-order chi connectivity index (χ0) is 11.3. The number of nitrogens with one attached hydrogen (secondary N) is 1. The summed E-state index contributed by atoms with van der Waals surface area (Å²) >= 11 is 1.86. The highest BCUT2D eigenvalue weighted by atomic mass is 32.2. The second kappa shape index (κ2) is 5.75. The van der Waals surface area contributed by atoms with Gasteiger partial charge in [0.25, 0.3) is 0 Å². The first-order valence-corrected chi connectivity index (χ1v) is 6.67. The molecule has 88 valence electrons. The molecule has 0 bridgehead atoms. The Bertz CT molecular complexity index is 223. The fraction of sp³-hybridized carbons (Fsp3) is 0.909. The quantitative estimate of drug-likeness (QED) is 0.749. The van der Waals surface area contributed by atoms with E-state index in [9.17, 15) is 4.79 Å². The maximum absolute atomic E-state index is 11.9. The minimum atomic E-state index is -0.451. The van der Waals surface area contributed by atoms with Gasteiger partial charge in [-0.3, -0.25) is 4.79 Å². The predicted octanol–water partition coefficient (Wildman–Crippen LogP) is 1.81. The SMILES string of the molecule is CCCNC1(C(=O)OC)CCCSC1C.